The molecule has 2 aromatic rings. The highest BCUT2D eigenvalue weighted by Gasteiger charge is 2.19. The van der Waals surface area contributed by atoms with Gasteiger partial charge in [0.2, 0.25) is 11.8 Å². The second kappa shape index (κ2) is 4.76. The summed E-state index contributed by atoms with van der Waals surface area (Å²) in [5.74, 6) is 0.0400. The standard InChI is InChI=1S/C10H15N7O2/c1-6-13-15-9(19-6)12-8(18)5-17-4-7(14-16-17)10(2,3)11/h4H,5,11H2,1-3H3,(H,12,15,18). The minimum atomic E-state index is -0.599. The van der Waals surface area contributed by atoms with E-state index < -0.39 is 5.54 Å². The Morgan fingerprint density at radius 1 is 1.47 bits per heavy atom. The summed E-state index contributed by atoms with van der Waals surface area (Å²) >= 11 is 0. The van der Waals surface area contributed by atoms with Crippen molar-refractivity contribution in [1.82, 2.24) is 25.2 Å². The van der Waals surface area contributed by atoms with Crippen LogP contribution in [0.3, 0.4) is 0 Å². The molecule has 0 spiro atoms. The molecule has 0 saturated carbocycles. The van der Waals surface area contributed by atoms with E-state index in [1.165, 1.54) is 4.68 Å². The van der Waals surface area contributed by atoms with Gasteiger partial charge in [-0.2, -0.15) is 0 Å². The number of carbonyl (C=O) groups excluding carboxylic acids is 1. The number of carbonyl (C=O) groups is 1. The maximum atomic E-state index is 11.7. The highest BCUT2D eigenvalue weighted by atomic mass is 16.4. The van der Waals surface area contributed by atoms with E-state index in [-0.39, 0.29) is 18.5 Å². The van der Waals surface area contributed by atoms with Crippen molar-refractivity contribution < 1.29 is 9.21 Å². The van der Waals surface area contributed by atoms with Crippen LogP contribution in [0.15, 0.2) is 10.6 Å². The normalized spacial score (nSPS) is 11.6. The molecule has 0 atom stereocenters. The van der Waals surface area contributed by atoms with Crippen molar-refractivity contribution in [2.75, 3.05) is 5.32 Å². The van der Waals surface area contributed by atoms with Crippen LogP contribution in [0.1, 0.15) is 25.4 Å². The second-order valence-corrected chi connectivity index (χ2v) is 4.70. The highest BCUT2D eigenvalue weighted by Crippen LogP contribution is 2.12. The van der Waals surface area contributed by atoms with Gasteiger partial charge in [-0.3, -0.25) is 10.1 Å². The zero-order valence-corrected chi connectivity index (χ0v) is 10.9. The molecule has 3 N–H and O–H groups in total. The van der Waals surface area contributed by atoms with Gasteiger partial charge in [-0.05, 0) is 13.8 Å². The van der Waals surface area contributed by atoms with E-state index in [0.29, 0.717) is 11.6 Å². The summed E-state index contributed by atoms with van der Waals surface area (Å²) in [6.45, 7) is 5.24. The molecular weight excluding hydrogens is 250 g/mol. The van der Waals surface area contributed by atoms with Gasteiger partial charge in [0, 0.05) is 6.92 Å². The van der Waals surface area contributed by atoms with Gasteiger partial charge in [-0.15, -0.1) is 10.2 Å². The Balaban J connectivity index is 1.97. The molecule has 0 saturated heterocycles. The fourth-order valence-electron chi connectivity index (χ4n) is 1.32. The Bertz CT molecular complexity index is 581. The van der Waals surface area contributed by atoms with E-state index >= 15 is 0 Å². The van der Waals surface area contributed by atoms with Crippen LogP contribution >= 0.6 is 0 Å². The van der Waals surface area contributed by atoms with E-state index in [1.54, 1.807) is 13.1 Å². The lowest BCUT2D eigenvalue weighted by Crippen LogP contribution is -2.29. The van der Waals surface area contributed by atoms with Gasteiger partial charge in [0.15, 0.2) is 0 Å². The minimum Gasteiger partial charge on any atom is -0.408 e. The predicted octanol–water partition coefficient (Wildman–Crippen LogP) is -0.198. The third kappa shape index (κ3) is 3.35. The zero-order valence-electron chi connectivity index (χ0n) is 10.9. The number of nitrogens with zero attached hydrogens (tertiary/aromatic N) is 5. The maximum Gasteiger partial charge on any atom is 0.322 e. The summed E-state index contributed by atoms with van der Waals surface area (Å²) < 4.78 is 6.42. The zero-order chi connectivity index (χ0) is 14.0. The third-order valence-electron chi connectivity index (χ3n) is 2.28. The van der Waals surface area contributed by atoms with Crippen molar-refractivity contribution >= 4 is 11.9 Å². The average Bonchev–Trinajstić information content (AvgIpc) is 2.87. The van der Waals surface area contributed by atoms with Gasteiger partial charge < -0.3 is 10.2 Å². The number of anilines is 1. The summed E-state index contributed by atoms with van der Waals surface area (Å²) in [6.07, 6.45) is 1.62. The van der Waals surface area contributed by atoms with Gasteiger partial charge in [0.25, 0.3) is 0 Å². The fourth-order valence-corrected chi connectivity index (χ4v) is 1.32. The lowest BCUT2D eigenvalue weighted by atomic mass is 10.0. The molecule has 102 valence electrons. The van der Waals surface area contributed by atoms with Crippen LogP contribution in [-0.4, -0.2) is 31.1 Å². The SMILES string of the molecule is Cc1nnc(NC(=O)Cn2cc(C(C)(C)N)nn2)o1. The monoisotopic (exact) mass is 265 g/mol. The molecule has 9 heteroatoms. The van der Waals surface area contributed by atoms with Gasteiger partial charge >= 0.3 is 6.01 Å². The first-order chi connectivity index (χ1) is 8.84. The number of rotatable bonds is 4. The first-order valence-corrected chi connectivity index (χ1v) is 5.64. The summed E-state index contributed by atoms with van der Waals surface area (Å²) in [6, 6.07) is 0.0574. The molecule has 2 heterocycles. The molecule has 2 rings (SSSR count). The van der Waals surface area contributed by atoms with Crippen LogP contribution in [0.4, 0.5) is 6.01 Å². The number of nitrogens with two attached hydrogens (primary N) is 1. The number of hydrogen-bond donors (Lipinski definition) is 2. The number of nitrogens with one attached hydrogen (secondary N) is 1. The number of hydrogen-bond acceptors (Lipinski definition) is 7. The molecular formula is C10H15N7O2. The molecule has 2 aromatic heterocycles. The molecule has 9 nitrogen and oxygen atoms in total. The Labute approximate surface area is 109 Å². The molecule has 19 heavy (non-hydrogen) atoms. The Kier molecular flexibility index (Phi) is 3.30. The van der Waals surface area contributed by atoms with Crippen molar-refractivity contribution in [2.45, 2.75) is 32.9 Å². The van der Waals surface area contributed by atoms with Crippen LogP contribution in [0.2, 0.25) is 0 Å². The first-order valence-electron chi connectivity index (χ1n) is 5.64. The van der Waals surface area contributed by atoms with Crippen molar-refractivity contribution in [3.8, 4) is 0 Å². The van der Waals surface area contributed by atoms with Crippen molar-refractivity contribution in [3.05, 3.63) is 17.8 Å². The molecule has 0 aliphatic carbocycles. The molecule has 0 aromatic carbocycles. The molecule has 0 fully saturated rings. The predicted molar refractivity (Wildman–Crippen MR) is 64.9 cm³/mol. The number of amides is 1. The Morgan fingerprint density at radius 3 is 2.74 bits per heavy atom. The molecule has 0 aliphatic heterocycles. The van der Waals surface area contributed by atoms with Gasteiger partial charge in [0.1, 0.15) is 12.2 Å². The van der Waals surface area contributed by atoms with Gasteiger partial charge in [0.05, 0.1) is 11.7 Å². The quantitative estimate of drug-likeness (QED) is 0.784. The Morgan fingerprint density at radius 2 is 2.21 bits per heavy atom. The molecule has 0 aliphatic rings. The molecule has 0 radical (unpaired) electrons. The average molecular weight is 265 g/mol. The lowest BCUT2D eigenvalue weighted by molar-refractivity contribution is -0.117. The minimum absolute atomic E-state index is 0.00942. The topological polar surface area (TPSA) is 125 Å². The van der Waals surface area contributed by atoms with E-state index in [4.69, 9.17) is 10.2 Å². The lowest BCUT2D eigenvalue weighted by Gasteiger charge is -2.13. The summed E-state index contributed by atoms with van der Waals surface area (Å²) in [7, 11) is 0. The van der Waals surface area contributed by atoms with Crippen LogP contribution in [0.5, 0.6) is 0 Å². The second-order valence-electron chi connectivity index (χ2n) is 4.70. The van der Waals surface area contributed by atoms with Crippen molar-refractivity contribution in [1.29, 1.82) is 0 Å². The molecule has 0 unspecified atom stereocenters. The highest BCUT2D eigenvalue weighted by molar-refractivity contribution is 5.88. The molecule has 0 bridgehead atoms. The van der Waals surface area contributed by atoms with Crippen molar-refractivity contribution in [3.63, 3.8) is 0 Å². The van der Waals surface area contributed by atoms with E-state index in [0.717, 1.165) is 0 Å². The largest absolute Gasteiger partial charge is 0.408 e. The van der Waals surface area contributed by atoms with Crippen molar-refractivity contribution in [2.24, 2.45) is 5.73 Å². The number of aryl methyl sites for hydroxylation is 1. The fraction of sp³-hybridized carbons (Fsp3) is 0.500. The first kappa shape index (κ1) is 13.1. The van der Waals surface area contributed by atoms with Gasteiger partial charge in [-0.1, -0.05) is 10.3 Å². The van der Waals surface area contributed by atoms with Crippen LogP contribution in [0, 0.1) is 6.92 Å². The third-order valence-corrected chi connectivity index (χ3v) is 2.28. The maximum absolute atomic E-state index is 11.7. The summed E-state index contributed by atoms with van der Waals surface area (Å²) in [5.41, 5.74) is 5.88. The summed E-state index contributed by atoms with van der Waals surface area (Å²) in [5, 5.41) is 17.5. The summed E-state index contributed by atoms with van der Waals surface area (Å²) in [4.78, 5) is 11.7. The smallest absolute Gasteiger partial charge is 0.322 e. The van der Waals surface area contributed by atoms with E-state index in [1.807, 2.05) is 13.8 Å². The van der Waals surface area contributed by atoms with Crippen LogP contribution < -0.4 is 11.1 Å². The van der Waals surface area contributed by atoms with E-state index in [2.05, 4.69) is 25.8 Å². The van der Waals surface area contributed by atoms with Crippen LogP contribution in [0.25, 0.3) is 0 Å². The number of aromatic nitrogens is 5. The molecule has 1 amide bonds. The van der Waals surface area contributed by atoms with E-state index in [9.17, 15) is 4.79 Å². The van der Waals surface area contributed by atoms with Gasteiger partial charge in [-0.25, -0.2) is 4.68 Å². The van der Waals surface area contributed by atoms with Crippen LogP contribution in [-0.2, 0) is 16.9 Å². The Hall–Kier alpha value is -2.29.